The highest BCUT2D eigenvalue weighted by Gasteiger charge is 2.40. The van der Waals surface area contributed by atoms with Crippen LogP contribution in [-0.2, 0) is 17.9 Å². The van der Waals surface area contributed by atoms with Crippen LogP contribution in [0.4, 0.5) is 0 Å². The number of nitrogens with zero attached hydrogens (tertiary/aromatic N) is 3. The Balaban J connectivity index is 1.21. The van der Waals surface area contributed by atoms with Crippen molar-refractivity contribution in [3.05, 3.63) is 66.2 Å². The van der Waals surface area contributed by atoms with Gasteiger partial charge in [-0.15, -0.1) is 0 Å². The number of carbonyl (C=O) groups is 1. The average molecular weight is 389 g/mol. The lowest BCUT2D eigenvalue weighted by molar-refractivity contribution is -0.140. The maximum Gasteiger partial charge on any atom is 0.222 e. The lowest BCUT2D eigenvalue weighted by Crippen LogP contribution is -2.51. The molecule has 0 N–H and O–H groups in total. The van der Waals surface area contributed by atoms with E-state index in [9.17, 15) is 4.79 Å². The molecule has 0 aliphatic carbocycles. The van der Waals surface area contributed by atoms with Crippen LogP contribution >= 0.6 is 0 Å². The SMILES string of the molecule is O=C1CCC2(CCN(Cc3cc4ccccc4o3)CC2)CN1Cc1ccncc1. The molecule has 2 fully saturated rings. The molecular weight excluding hydrogens is 362 g/mol. The lowest BCUT2D eigenvalue weighted by Gasteiger charge is -2.47. The van der Waals surface area contributed by atoms with Gasteiger partial charge in [0.25, 0.3) is 0 Å². The standard InChI is InChI=1S/C24H27N3O2/c28-23-5-8-24(18-27(23)16-19-6-11-25-12-7-19)9-13-26(14-10-24)17-21-15-20-3-1-2-4-22(20)29-21/h1-4,6-7,11-12,15H,5,8-10,13-14,16-18H2. The number of piperidine rings is 2. The van der Waals surface area contributed by atoms with Crippen molar-refractivity contribution in [2.75, 3.05) is 19.6 Å². The molecule has 0 unspecified atom stereocenters. The van der Waals surface area contributed by atoms with Gasteiger partial charge in [-0.3, -0.25) is 14.7 Å². The van der Waals surface area contributed by atoms with E-state index in [0.717, 1.165) is 62.3 Å². The molecule has 5 rings (SSSR count). The van der Waals surface area contributed by atoms with Crippen molar-refractivity contribution in [3.63, 3.8) is 0 Å². The summed E-state index contributed by atoms with van der Waals surface area (Å²) in [6.07, 6.45) is 7.60. The minimum atomic E-state index is 0.269. The Hall–Kier alpha value is -2.66. The smallest absolute Gasteiger partial charge is 0.222 e. The quantitative estimate of drug-likeness (QED) is 0.670. The van der Waals surface area contributed by atoms with Crippen LogP contribution in [0, 0.1) is 5.41 Å². The second-order valence-electron chi connectivity index (χ2n) is 8.63. The Bertz CT molecular complexity index is 957. The summed E-state index contributed by atoms with van der Waals surface area (Å²) in [7, 11) is 0. The molecule has 1 spiro atoms. The van der Waals surface area contributed by atoms with E-state index in [-0.39, 0.29) is 11.3 Å². The minimum absolute atomic E-state index is 0.269. The second kappa shape index (κ2) is 7.64. The predicted molar refractivity (Wildman–Crippen MR) is 112 cm³/mol. The van der Waals surface area contributed by atoms with Crippen LogP contribution < -0.4 is 0 Å². The first-order valence-corrected chi connectivity index (χ1v) is 10.6. The fourth-order valence-corrected chi connectivity index (χ4v) is 4.88. The van der Waals surface area contributed by atoms with Gasteiger partial charge in [0.05, 0.1) is 6.54 Å². The zero-order chi connectivity index (χ0) is 19.7. The molecule has 0 bridgehead atoms. The van der Waals surface area contributed by atoms with Gasteiger partial charge in [0, 0.05) is 37.3 Å². The summed E-state index contributed by atoms with van der Waals surface area (Å²) >= 11 is 0. The molecule has 29 heavy (non-hydrogen) atoms. The van der Waals surface area contributed by atoms with E-state index in [1.807, 2.05) is 30.3 Å². The first kappa shape index (κ1) is 18.4. The van der Waals surface area contributed by atoms with Crippen molar-refractivity contribution in [3.8, 4) is 0 Å². The number of fused-ring (bicyclic) bond motifs is 1. The molecule has 5 nitrogen and oxygen atoms in total. The molecule has 0 atom stereocenters. The molecule has 2 saturated heterocycles. The van der Waals surface area contributed by atoms with Crippen molar-refractivity contribution in [2.24, 2.45) is 5.41 Å². The monoisotopic (exact) mass is 389 g/mol. The van der Waals surface area contributed by atoms with E-state index in [1.54, 1.807) is 12.4 Å². The van der Waals surface area contributed by atoms with E-state index in [0.29, 0.717) is 13.0 Å². The molecule has 150 valence electrons. The van der Waals surface area contributed by atoms with Gasteiger partial charge in [-0.2, -0.15) is 0 Å². The van der Waals surface area contributed by atoms with Crippen LogP contribution in [0.1, 0.15) is 37.0 Å². The van der Waals surface area contributed by atoms with Crippen LogP contribution in [0.25, 0.3) is 11.0 Å². The van der Waals surface area contributed by atoms with Gasteiger partial charge >= 0.3 is 0 Å². The normalized spacial score (nSPS) is 19.9. The van der Waals surface area contributed by atoms with Gasteiger partial charge < -0.3 is 9.32 Å². The minimum Gasteiger partial charge on any atom is -0.460 e. The summed E-state index contributed by atoms with van der Waals surface area (Å²) in [5.74, 6) is 1.33. The third kappa shape index (κ3) is 3.92. The van der Waals surface area contributed by atoms with Gasteiger partial charge in [0.2, 0.25) is 5.91 Å². The number of pyridine rings is 1. The second-order valence-corrected chi connectivity index (χ2v) is 8.63. The van der Waals surface area contributed by atoms with Crippen LogP contribution in [0.3, 0.4) is 0 Å². The van der Waals surface area contributed by atoms with Gasteiger partial charge in [-0.05, 0) is 67.6 Å². The molecular formula is C24H27N3O2. The third-order valence-electron chi connectivity index (χ3n) is 6.64. The molecule has 4 heterocycles. The topological polar surface area (TPSA) is 49.6 Å². The van der Waals surface area contributed by atoms with E-state index in [1.165, 1.54) is 5.39 Å². The van der Waals surface area contributed by atoms with Crippen molar-refractivity contribution in [1.82, 2.24) is 14.8 Å². The third-order valence-corrected chi connectivity index (χ3v) is 6.64. The van der Waals surface area contributed by atoms with Gasteiger partial charge in [-0.1, -0.05) is 18.2 Å². The van der Waals surface area contributed by atoms with E-state index in [2.05, 4.69) is 26.9 Å². The number of hydrogen-bond donors (Lipinski definition) is 0. The first-order valence-electron chi connectivity index (χ1n) is 10.6. The number of aromatic nitrogens is 1. The zero-order valence-electron chi connectivity index (χ0n) is 16.7. The molecule has 2 aliphatic rings. The fraction of sp³-hybridized carbons (Fsp3) is 0.417. The predicted octanol–water partition coefficient (Wildman–Crippen LogP) is 4.23. The molecule has 1 amide bonds. The summed E-state index contributed by atoms with van der Waals surface area (Å²) in [6.45, 7) is 4.57. The van der Waals surface area contributed by atoms with Crippen LogP contribution in [0.15, 0.2) is 59.3 Å². The van der Waals surface area contributed by atoms with Crippen molar-refractivity contribution >= 4 is 16.9 Å². The highest BCUT2D eigenvalue weighted by atomic mass is 16.3. The molecule has 0 saturated carbocycles. The number of hydrogen-bond acceptors (Lipinski definition) is 4. The number of rotatable bonds is 4. The van der Waals surface area contributed by atoms with Crippen LogP contribution in [-0.4, -0.2) is 40.3 Å². The average Bonchev–Trinajstić information content (AvgIpc) is 3.16. The fourth-order valence-electron chi connectivity index (χ4n) is 4.88. The number of carbonyl (C=O) groups excluding carboxylic acids is 1. The van der Waals surface area contributed by atoms with E-state index < -0.39 is 0 Å². The highest BCUT2D eigenvalue weighted by molar-refractivity contribution is 5.78. The maximum atomic E-state index is 12.5. The number of para-hydroxylation sites is 1. The van der Waals surface area contributed by atoms with E-state index in [4.69, 9.17) is 4.42 Å². The molecule has 3 aromatic rings. The molecule has 1 aromatic carbocycles. The van der Waals surface area contributed by atoms with Gasteiger partial charge in [0.15, 0.2) is 0 Å². The summed E-state index contributed by atoms with van der Waals surface area (Å²) < 4.78 is 6.01. The number of likely N-dealkylation sites (tertiary alicyclic amines) is 2. The molecule has 2 aromatic heterocycles. The zero-order valence-corrected chi connectivity index (χ0v) is 16.7. The number of benzene rings is 1. The first-order chi connectivity index (χ1) is 14.2. The highest BCUT2D eigenvalue weighted by Crippen LogP contribution is 2.41. The van der Waals surface area contributed by atoms with Crippen molar-refractivity contribution in [2.45, 2.75) is 38.8 Å². The summed E-state index contributed by atoms with van der Waals surface area (Å²) in [6, 6.07) is 14.4. The Morgan fingerprint density at radius 2 is 1.79 bits per heavy atom. The molecule has 0 radical (unpaired) electrons. The molecule has 5 heteroatoms. The summed E-state index contributed by atoms with van der Waals surface area (Å²) in [4.78, 5) is 21.1. The number of furan rings is 1. The van der Waals surface area contributed by atoms with Crippen LogP contribution in [0.2, 0.25) is 0 Å². The van der Waals surface area contributed by atoms with Crippen LogP contribution in [0.5, 0.6) is 0 Å². The van der Waals surface area contributed by atoms with Gasteiger partial charge in [0.1, 0.15) is 11.3 Å². The lowest BCUT2D eigenvalue weighted by atomic mass is 9.72. The largest absolute Gasteiger partial charge is 0.460 e. The molecule has 2 aliphatic heterocycles. The van der Waals surface area contributed by atoms with Crippen molar-refractivity contribution in [1.29, 1.82) is 0 Å². The van der Waals surface area contributed by atoms with Gasteiger partial charge in [-0.25, -0.2) is 0 Å². The Kier molecular flexibility index (Phi) is 4.84. The maximum absolute atomic E-state index is 12.5. The summed E-state index contributed by atoms with van der Waals surface area (Å²) in [5.41, 5.74) is 2.40. The van der Waals surface area contributed by atoms with E-state index >= 15 is 0 Å². The Morgan fingerprint density at radius 1 is 1.00 bits per heavy atom. The Labute approximate surface area is 171 Å². The number of amides is 1. The summed E-state index contributed by atoms with van der Waals surface area (Å²) in [5, 5.41) is 1.17. The Morgan fingerprint density at radius 3 is 2.59 bits per heavy atom. The van der Waals surface area contributed by atoms with Crippen molar-refractivity contribution < 1.29 is 9.21 Å².